The Morgan fingerprint density at radius 1 is 1.29 bits per heavy atom. The van der Waals surface area contributed by atoms with Crippen molar-refractivity contribution in [3.8, 4) is 5.75 Å². The van der Waals surface area contributed by atoms with Crippen LogP contribution >= 0.6 is 0 Å². The van der Waals surface area contributed by atoms with Crippen molar-refractivity contribution in [2.24, 2.45) is 0 Å². The number of carbonyl (C=O) groups excluding carboxylic acids is 1. The summed E-state index contributed by atoms with van der Waals surface area (Å²) in [7, 11) is 1.34. The second-order valence-electron chi connectivity index (χ2n) is 4.18. The third-order valence-electron chi connectivity index (χ3n) is 2.85. The summed E-state index contributed by atoms with van der Waals surface area (Å²) in [6.07, 6.45) is 0. The molecule has 0 bridgehead atoms. The highest BCUT2D eigenvalue weighted by atomic mass is 16.6. The number of anilines is 2. The molecule has 0 aliphatic heterocycles. The van der Waals surface area contributed by atoms with Gasteiger partial charge in [0.1, 0.15) is 5.75 Å². The summed E-state index contributed by atoms with van der Waals surface area (Å²) in [6.45, 7) is 0. The number of benzene rings is 2. The maximum atomic E-state index is 12.2. The maximum absolute atomic E-state index is 12.2. The number of amides is 1. The van der Waals surface area contributed by atoms with E-state index in [1.807, 2.05) is 0 Å². The van der Waals surface area contributed by atoms with Gasteiger partial charge in [-0.1, -0.05) is 12.1 Å². The molecule has 0 unspecified atom stereocenters. The molecule has 3 N–H and O–H groups in total. The molecule has 0 saturated heterocycles. The van der Waals surface area contributed by atoms with Gasteiger partial charge in [0.2, 0.25) is 0 Å². The molecule has 2 aromatic carbocycles. The van der Waals surface area contributed by atoms with E-state index in [1.165, 1.54) is 25.3 Å². The van der Waals surface area contributed by atoms with Crippen LogP contribution in [0.4, 0.5) is 17.1 Å². The number of nitrogens with zero attached hydrogens (tertiary/aromatic N) is 1. The first-order valence-corrected chi connectivity index (χ1v) is 6.01. The number of nitro benzene ring substituents is 1. The number of rotatable bonds is 4. The molecule has 2 rings (SSSR count). The quantitative estimate of drug-likeness (QED) is 0.510. The van der Waals surface area contributed by atoms with Gasteiger partial charge in [-0.3, -0.25) is 14.9 Å². The number of hydrogen-bond donors (Lipinski definition) is 2. The summed E-state index contributed by atoms with van der Waals surface area (Å²) in [5.74, 6) is -0.337. The van der Waals surface area contributed by atoms with E-state index in [0.717, 1.165) is 0 Å². The average Bonchev–Trinajstić information content (AvgIpc) is 2.48. The molecule has 108 valence electrons. The van der Waals surface area contributed by atoms with Crippen molar-refractivity contribution in [1.82, 2.24) is 0 Å². The Labute approximate surface area is 120 Å². The van der Waals surface area contributed by atoms with Crippen LogP contribution in [-0.2, 0) is 0 Å². The zero-order chi connectivity index (χ0) is 15.4. The van der Waals surface area contributed by atoms with Crippen LogP contribution in [0.1, 0.15) is 10.4 Å². The van der Waals surface area contributed by atoms with Crippen LogP contribution in [0.15, 0.2) is 42.5 Å². The van der Waals surface area contributed by atoms with Crippen molar-refractivity contribution in [2.75, 3.05) is 18.2 Å². The third kappa shape index (κ3) is 3.08. The Balaban J connectivity index is 2.31. The van der Waals surface area contributed by atoms with Gasteiger partial charge in [0.25, 0.3) is 11.6 Å². The van der Waals surface area contributed by atoms with Crippen LogP contribution in [0.3, 0.4) is 0 Å². The Morgan fingerprint density at radius 2 is 2.00 bits per heavy atom. The minimum atomic E-state index is -0.556. The first-order valence-electron chi connectivity index (χ1n) is 6.01. The highest BCUT2D eigenvalue weighted by Crippen LogP contribution is 2.26. The number of nitro groups is 1. The molecule has 0 radical (unpaired) electrons. The number of para-hydroxylation sites is 2. The lowest BCUT2D eigenvalue weighted by Gasteiger charge is -2.10. The van der Waals surface area contributed by atoms with E-state index < -0.39 is 10.8 Å². The molecule has 0 spiro atoms. The Bertz CT molecular complexity index is 700. The fourth-order valence-corrected chi connectivity index (χ4v) is 1.78. The fraction of sp³-hybridized carbons (Fsp3) is 0.0714. The highest BCUT2D eigenvalue weighted by molar-refractivity contribution is 6.07. The topological polar surface area (TPSA) is 107 Å². The highest BCUT2D eigenvalue weighted by Gasteiger charge is 2.17. The van der Waals surface area contributed by atoms with Crippen LogP contribution < -0.4 is 15.8 Å². The van der Waals surface area contributed by atoms with Crippen LogP contribution in [0, 0.1) is 10.1 Å². The molecule has 21 heavy (non-hydrogen) atoms. The zero-order valence-electron chi connectivity index (χ0n) is 11.2. The van der Waals surface area contributed by atoms with E-state index >= 15 is 0 Å². The lowest BCUT2D eigenvalue weighted by molar-refractivity contribution is -0.384. The van der Waals surface area contributed by atoms with Crippen molar-refractivity contribution in [1.29, 1.82) is 0 Å². The molecule has 0 heterocycles. The molecule has 0 aromatic heterocycles. The molecular weight excluding hydrogens is 274 g/mol. The molecule has 0 fully saturated rings. The third-order valence-corrected chi connectivity index (χ3v) is 2.85. The Morgan fingerprint density at radius 3 is 2.62 bits per heavy atom. The number of ether oxygens (including phenoxy) is 1. The summed E-state index contributed by atoms with van der Waals surface area (Å²) in [5.41, 5.74) is 6.67. The predicted octanol–water partition coefficient (Wildman–Crippen LogP) is 2.44. The number of nitrogens with two attached hydrogens (primary N) is 1. The van der Waals surface area contributed by atoms with Gasteiger partial charge >= 0.3 is 0 Å². The summed E-state index contributed by atoms with van der Waals surface area (Å²) in [5, 5.41) is 13.4. The van der Waals surface area contributed by atoms with Crippen LogP contribution in [0.25, 0.3) is 0 Å². The van der Waals surface area contributed by atoms with Crippen molar-refractivity contribution < 1.29 is 14.5 Å². The number of nitrogen functional groups attached to an aromatic ring is 1. The standard InChI is InChI=1S/C14H13N3O4/c1-21-13-8-9(17(19)20)6-7-10(13)14(18)16-12-5-3-2-4-11(12)15/h2-8H,15H2,1H3,(H,16,18). The first kappa shape index (κ1) is 14.3. The number of carbonyl (C=O) groups is 1. The van der Waals surface area contributed by atoms with E-state index in [1.54, 1.807) is 24.3 Å². The fourth-order valence-electron chi connectivity index (χ4n) is 1.78. The molecule has 7 heteroatoms. The van der Waals surface area contributed by atoms with E-state index in [9.17, 15) is 14.9 Å². The second kappa shape index (κ2) is 5.91. The van der Waals surface area contributed by atoms with Gasteiger partial charge in [-0.05, 0) is 18.2 Å². The normalized spacial score (nSPS) is 9.95. The summed E-state index contributed by atoms with van der Waals surface area (Å²) < 4.78 is 5.03. The summed E-state index contributed by atoms with van der Waals surface area (Å²) >= 11 is 0. The van der Waals surface area contributed by atoms with Gasteiger partial charge in [0, 0.05) is 6.07 Å². The minimum absolute atomic E-state index is 0.121. The van der Waals surface area contributed by atoms with E-state index in [4.69, 9.17) is 10.5 Å². The second-order valence-corrected chi connectivity index (χ2v) is 4.18. The monoisotopic (exact) mass is 287 g/mol. The van der Waals surface area contributed by atoms with Gasteiger partial charge in [-0.25, -0.2) is 0 Å². The molecule has 7 nitrogen and oxygen atoms in total. The minimum Gasteiger partial charge on any atom is -0.496 e. The Hall–Kier alpha value is -3.09. The molecule has 2 aromatic rings. The van der Waals surface area contributed by atoms with Crippen LogP contribution in [-0.4, -0.2) is 17.9 Å². The van der Waals surface area contributed by atoms with Crippen molar-refractivity contribution in [3.05, 3.63) is 58.1 Å². The molecule has 1 amide bonds. The lowest BCUT2D eigenvalue weighted by Crippen LogP contribution is -2.14. The predicted molar refractivity (Wildman–Crippen MR) is 78.5 cm³/mol. The van der Waals surface area contributed by atoms with Crippen LogP contribution in [0.2, 0.25) is 0 Å². The van der Waals surface area contributed by atoms with Gasteiger partial charge in [0.15, 0.2) is 0 Å². The largest absolute Gasteiger partial charge is 0.496 e. The summed E-state index contributed by atoms with van der Waals surface area (Å²) in [6, 6.07) is 10.6. The molecule has 0 aliphatic carbocycles. The van der Waals surface area contributed by atoms with Gasteiger partial charge in [-0.2, -0.15) is 0 Å². The van der Waals surface area contributed by atoms with Crippen molar-refractivity contribution >= 4 is 23.0 Å². The molecular formula is C14H13N3O4. The number of methoxy groups -OCH3 is 1. The first-order chi connectivity index (χ1) is 10.0. The SMILES string of the molecule is COc1cc([N+](=O)[O-])ccc1C(=O)Nc1ccccc1N. The Kier molecular flexibility index (Phi) is 4.03. The average molecular weight is 287 g/mol. The van der Waals surface area contributed by atoms with Crippen molar-refractivity contribution in [3.63, 3.8) is 0 Å². The zero-order valence-corrected chi connectivity index (χ0v) is 11.2. The van der Waals surface area contributed by atoms with Gasteiger partial charge in [0.05, 0.1) is 35.0 Å². The van der Waals surface area contributed by atoms with Gasteiger partial charge in [-0.15, -0.1) is 0 Å². The van der Waals surface area contributed by atoms with E-state index in [-0.39, 0.29) is 17.0 Å². The number of hydrogen-bond acceptors (Lipinski definition) is 5. The molecule has 0 atom stereocenters. The van der Waals surface area contributed by atoms with E-state index in [2.05, 4.69) is 5.32 Å². The van der Waals surface area contributed by atoms with Gasteiger partial charge < -0.3 is 15.8 Å². The molecule has 0 aliphatic rings. The van der Waals surface area contributed by atoms with Crippen LogP contribution in [0.5, 0.6) is 5.75 Å². The van der Waals surface area contributed by atoms with Crippen molar-refractivity contribution in [2.45, 2.75) is 0 Å². The maximum Gasteiger partial charge on any atom is 0.273 e. The molecule has 0 saturated carbocycles. The summed E-state index contributed by atoms with van der Waals surface area (Å²) in [4.78, 5) is 22.4. The smallest absolute Gasteiger partial charge is 0.273 e. The lowest BCUT2D eigenvalue weighted by atomic mass is 10.1. The number of nitrogens with one attached hydrogen (secondary N) is 1. The van der Waals surface area contributed by atoms with E-state index in [0.29, 0.717) is 11.4 Å². The number of non-ortho nitro benzene ring substituents is 1.